The molecule has 1 unspecified atom stereocenters. The van der Waals surface area contributed by atoms with Crippen molar-refractivity contribution in [1.82, 2.24) is 25.7 Å². The molecule has 0 saturated heterocycles. The first kappa shape index (κ1) is 26.8. The zero-order chi connectivity index (χ0) is 26.6. The van der Waals surface area contributed by atoms with Crippen LogP contribution in [0.2, 0.25) is 0 Å². The van der Waals surface area contributed by atoms with Crippen LogP contribution >= 0.6 is 11.3 Å². The van der Waals surface area contributed by atoms with E-state index in [0.717, 1.165) is 37.8 Å². The van der Waals surface area contributed by atoms with Crippen LogP contribution in [0.1, 0.15) is 52.9 Å². The summed E-state index contributed by atoms with van der Waals surface area (Å²) in [6, 6.07) is 8.82. The molecular weight excluding hydrogens is 507 g/mol. The number of hydrogen-bond acceptors (Lipinski definition) is 7. The first-order valence-corrected chi connectivity index (χ1v) is 12.8. The molecule has 1 fully saturated rings. The van der Waals surface area contributed by atoms with Gasteiger partial charge in [-0.3, -0.25) is 9.59 Å². The molecule has 1 aromatic carbocycles. The summed E-state index contributed by atoms with van der Waals surface area (Å²) in [6.45, 7) is -0.258. The third kappa shape index (κ3) is 6.75. The highest BCUT2D eigenvalue weighted by atomic mass is 32.1. The van der Waals surface area contributed by atoms with Crippen molar-refractivity contribution >= 4 is 23.2 Å². The Labute approximate surface area is 216 Å². The summed E-state index contributed by atoms with van der Waals surface area (Å²) in [4.78, 5) is 32.3. The minimum atomic E-state index is -4.46. The van der Waals surface area contributed by atoms with Crippen molar-refractivity contribution in [3.8, 4) is 11.4 Å². The van der Waals surface area contributed by atoms with Gasteiger partial charge in [0.1, 0.15) is 0 Å². The molecule has 2 heterocycles. The number of halogens is 3. The first-order valence-electron chi connectivity index (χ1n) is 11.9. The highest BCUT2D eigenvalue weighted by molar-refractivity contribution is 7.10. The van der Waals surface area contributed by atoms with Crippen molar-refractivity contribution in [1.29, 1.82) is 0 Å². The maximum Gasteiger partial charge on any atom is 0.416 e. The smallest absolute Gasteiger partial charge is 0.352 e. The zero-order valence-electron chi connectivity index (χ0n) is 20.4. The van der Waals surface area contributed by atoms with E-state index in [1.807, 2.05) is 0 Å². The van der Waals surface area contributed by atoms with Gasteiger partial charge in [0, 0.05) is 22.5 Å². The third-order valence-corrected chi connectivity index (χ3v) is 7.42. The fourth-order valence-corrected chi connectivity index (χ4v) is 5.72. The van der Waals surface area contributed by atoms with Crippen LogP contribution in [-0.2, 0) is 11.0 Å². The Kier molecular flexibility index (Phi) is 8.28. The Hall–Kier alpha value is -3.25. The van der Waals surface area contributed by atoms with Crippen LogP contribution in [0.3, 0.4) is 0 Å². The van der Waals surface area contributed by atoms with Gasteiger partial charge in [-0.05, 0) is 69.3 Å². The maximum absolute atomic E-state index is 12.7. The van der Waals surface area contributed by atoms with Gasteiger partial charge in [0.05, 0.1) is 12.1 Å². The molecule has 198 valence electrons. The van der Waals surface area contributed by atoms with Crippen molar-refractivity contribution < 1.29 is 27.3 Å². The lowest BCUT2D eigenvalue weighted by Gasteiger charge is -2.37. The summed E-state index contributed by atoms with van der Waals surface area (Å²) in [5.41, 5.74) is -0.544. The van der Waals surface area contributed by atoms with E-state index in [-0.39, 0.29) is 35.8 Å². The van der Waals surface area contributed by atoms with Crippen molar-refractivity contribution in [2.45, 2.75) is 43.9 Å². The number of aromatic nitrogens is 2. The second kappa shape index (κ2) is 11.4. The minimum absolute atomic E-state index is 0.0290. The number of carbonyl (C=O) groups excluding carboxylic acids is 2. The zero-order valence-corrected chi connectivity index (χ0v) is 21.2. The number of hydrogen-bond donors (Lipinski definition) is 2. The van der Waals surface area contributed by atoms with E-state index in [1.165, 1.54) is 17.0 Å². The summed E-state index contributed by atoms with van der Waals surface area (Å²) >= 11 is 1.76. The quantitative estimate of drug-likeness (QED) is 0.440. The molecule has 37 heavy (non-hydrogen) atoms. The van der Waals surface area contributed by atoms with Crippen LogP contribution in [0.5, 0.6) is 0 Å². The Morgan fingerprint density at radius 2 is 1.84 bits per heavy atom. The van der Waals surface area contributed by atoms with Gasteiger partial charge in [-0.15, -0.1) is 11.3 Å². The van der Waals surface area contributed by atoms with Gasteiger partial charge in [0.2, 0.25) is 11.7 Å². The molecule has 1 atom stereocenters. The minimum Gasteiger partial charge on any atom is -0.352 e. The molecule has 1 aliphatic carbocycles. The number of nitrogens with zero attached hydrogens (tertiary/aromatic N) is 3. The van der Waals surface area contributed by atoms with Crippen LogP contribution < -0.4 is 10.6 Å². The SMILES string of the molecule is CN(C)C(c1cccs1)C1CCC(NC(=O)CNC(=O)c2nc(-c3ccc(C(F)(F)F)cc3)no2)CC1. The summed E-state index contributed by atoms with van der Waals surface area (Å²) in [7, 11) is 4.19. The first-order chi connectivity index (χ1) is 17.6. The number of thiophene rings is 1. The topological polar surface area (TPSA) is 100 Å². The van der Waals surface area contributed by atoms with E-state index < -0.39 is 17.6 Å². The second-order valence-corrected chi connectivity index (χ2v) is 10.3. The van der Waals surface area contributed by atoms with Gasteiger partial charge in [0.15, 0.2) is 0 Å². The Morgan fingerprint density at radius 1 is 1.14 bits per heavy atom. The number of rotatable bonds is 8. The van der Waals surface area contributed by atoms with E-state index in [2.05, 4.69) is 57.3 Å². The van der Waals surface area contributed by atoms with Gasteiger partial charge in [-0.25, -0.2) is 0 Å². The fourth-order valence-electron chi connectivity index (χ4n) is 4.70. The van der Waals surface area contributed by atoms with E-state index in [4.69, 9.17) is 4.52 Å². The van der Waals surface area contributed by atoms with Crippen LogP contribution in [0, 0.1) is 5.92 Å². The van der Waals surface area contributed by atoms with Crippen LogP contribution in [0.25, 0.3) is 11.4 Å². The highest BCUT2D eigenvalue weighted by Gasteiger charge is 2.32. The number of carbonyl (C=O) groups is 2. The normalized spacial score (nSPS) is 19.0. The lowest BCUT2D eigenvalue weighted by Crippen LogP contribution is -2.44. The van der Waals surface area contributed by atoms with Crippen LogP contribution in [-0.4, -0.2) is 53.5 Å². The lowest BCUT2D eigenvalue weighted by molar-refractivity contribution is -0.137. The van der Waals surface area contributed by atoms with E-state index in [0.29, 0.717) is 12.0 Å². The number of benzene rings is 1. The van der Waals surface area contributed by atoms with Crippen molar-refractivity contribution in [3.63, 3.8) is 0 Å². The van der Waals surface area contributed by atoms with Crippen molar-refractivity contribution in [2.75, 3.05) is 20.6 Å². The Balaban J connectivity index is 1.23. The molecule has 12 heteroatoms. The molecule has 0 radical (unpaired) electrons. The summed E-state index contributed by atoms with van der Waals surface area (Å²) in [5, 5.41) is 11.1. The summed E-state index contributed by atoms with van der Waals surface area (Å²) in [6.07, 6.45) is -0.751. The average Bonchev–Trinajstić information content (AvgIpc) is 3.56. The van der Waals surface area contributed by atoms with Crippen LogP contribution in [0.15, 0.2) is 46.3 Å². The van der Waals surface area contributed by atoms with Gasteiger partial charge in [0.25, 0.3) is 0 Å². The number of nitrogens with one attached hydrogen (secondary N) is 2. The molecule has 8 nitrogen and oxygen atoms in total. The predicted molar refractivity (Wildman–Crippen MR) is 132 cm³/mol. The van der Waals surface area contributed by atoms with Crippen molar-refractivity contribution in [3.05, 3.63) is 58.1 Å². The maximum atomic E-state index is 12.7. The van der Waals surface area contributed by atoms with E-state index >= 15 is 0 Å². The highest BCUT2D eigenvalue weighted by Crippen LogP contribution is 2.39. The fraction of sp³-hybridized carbons (Fsp3) is 0.440. The molecule has 2 N–H and O–H groups in total. The monoisotopic (exact) mass is 535 g/mol. The number of amides is 2. The Bertz CT molecular complexity index is 1190. The third-order valence-electron chi connectivity index (χ3n) is 6.47. The largest absolute Gasteiger partial charge is 0.416 e. The summed E-state index contributed by atoms with van der Waals surface area (Å²) in [5.74, 6) is -0.959. The molecular formula is C25H28F3N5O3S. The molecule has 0 aliphatic heterocycles. The Morgan fingerprint density at radius 3 is 2.43 bits per heavy atom. The molecule has 3 aromatic rings. The molecule has 1 saturated carbocycles. The second-order valence-electron chi connectivity index (χ2n) is 9.28. The molecule has 2 aromatic heterocycles. The van der Waals surface area contributed by atoms with Gasteiger partial charge >= 0.3 is 18.0 Å². The van der Waals surface area contributed by atoms with Crippen molar-refractivity contribution in [2.24, 2.45) is 5.92 Å². The van der Waals surface area contributed by atoms with Gasteiger partial charge in [-0.2, -0.15) is 18.2 Å². The van der Waals surface area contributed by atoms with E-state index in [1.54, 1.807) is 11.3 Å². The molecule has 4 rings (SSSR count). The van der Waals surface area contributed by atoms with Gasteiger partial charge in [-0.1, -0.05) is 23.4 Å². The van der Waals surface area contributed by atoms with Gasteiger partial charge < -0.3 is 20.1 Å². The molecule has 2 amide bonds. The predicted octanol–water partition coefficient (Wildman–Crippen LogP) is 4.52. The molecule has 1 aliphatic rings. The lowest BCUT2D eigenvalue weighted by atomic mass is 9.80. The van der Waals surface area contributed by atoms with Crippen LogP contribution in [0.4, 0.5) is 13.2 Å². The standard InChI is InChI=1S/C25H28F3N5O3S/c1-33(2)21(19-4-3-13-37-19)15-7-11-18(12-8-15)30-20(34)14-29-23(35)24-31-22(32-36-24)16-5-9-17(10-6-16)25(26,27)28/h3-6,9-10,13,15,18,21H,7-8,11-12,14H2,1-2H3,(H,29,35)(H,30,34). The molecule has 0 spiro atoms. The summed E-state index contributed by atoms with van der Waals surface area (Å²) < 4.78 is 43.1. The average molecular weight is 536 g/mol. The van der Waals surface area contributed by atoms with E-state index in [9.17, 15) is 22.8 Å². The number of alkyl halides is 3. The molecule has 0 bridgehead atoms.